The minimum Gasteiger partial charge on any atom is -0.361 e. The molecule has 0 unspecified atom stereocenters. The van der Waals surface area contributed by atoms with Crippen molar-refractivity contribution in [2.24, 2.45) is 0 Å². The van der Waals surface area contributed by atoms with Gasteiger partial charge in [0.15, 0.2) is 0 Å². The number of amides is 1. The maximum Gasteiger partial charge on any atom is 0.298 e. The number of aromatic nitrogens is 2. The molecular formula is C27H21N3O3. The maximum atomic E-state index is 13.3. The van der Waals surface area contributed by atoms with Crippen LogP contribution in [0.25, 0.3) is 27.8 Å². The molecule has 0 spiro atoms. The maximum absolute atomic E-state index is 13.3. The zero-order valence-electron chi connectivity index (χ0n) is 18.2. The molecule has 3 heterocycles. The Bertz CT molecular complexity index is 1460. The summed E-state index contributed by atoms with van der Waals surface area (Å²) in [6.07, 6.45) is 1.79. The number of carbonyl (C=O) groups is 2. The summed E-state index contributed by atoms with van der Waals surface area (Å²) in [5.41, 5.74) is 5.96. The van der Waals surface area contributed by atoms with Crippen molar-refractivity contribution in [1.29, 1.82) is 0 Å². The molecule has 0 saturated heterocycles. The van der Waals surface area contributed by atoms with Crippen LogP contribution in [0.4, 0.5) is 5.69 Å². The van der Waals surface area contributed by atoms with E-state index in [9.17, 15) is 9.59 Å². The first kappa shape index (κ1) is 20.5. The number of Topliss-reactive ketones (excluding diaryl/α,β-unsaturated/α-hetero) is 1. The van der Waals surface area contributed by atoms with E-state index in [0.29, 0.717) is 11.4 Å². The van der Waals surface area contributed by atoms with E-state index in [1.165, 1.54) is 0 Å². The molecule has 0 aliphatic carbocycles. The Morgan fingerprint density at radius 3 is 2.30 bits per heavy atom. The fraction of sp³-hybridized carbons (Fsp3) is 0.0741. The van der Waals surface area contributed by atoms with Gasteiger partial charge in [0.05, 0.1) is 5.69 Å². The smallest absolute Gasteiger partial charge is 0.298 e. The second-order valence-electron chi connectivity index (χ2n) is 7.83. The lowest BCUT2D eigenvalue weighted by Crippen LogP contribution is -2.24. The van der Waals surface area contributed by atoms with Gasteiger partial charge in [-0.25, -0.2) is 0 Å². The van der Waals surface area contributed by atoms with Gasteiger partial charge < -0.3 is 14.2 Å². The third-order valence-corrected chi connectivity index (χ3v) is 5.65. The molecule has 1 N–H and O–H groups in total. The molecule has 0 saturated carbocycles. The van der Waals surface area contributed by atoms with Crippen molar-refractivity contribution in [2.45, 2.75) is 13.8 Å². The van der Waals surface area contributed by atoms with E-state index in [2.05, 4.69) is 10.5 Å². The van der Waals surface area contributed by atoms with E-state index in [-0.39, 0.29) is 0 Å². The average Bonchev–Trinajstić information content (AvgIpc) is 3.39. The number of rotatable bonds is 5. The number of ketones is 1. The zero-order valence-corrected chi connectivity index (χ0v) is 18.2. The molecule has 33 heavy (non-hydrogen) atoms. The molecule has 1 amide bonds. The Kier molecular flexibility index (Phi) is 5.11. The monoisotopic (exact) mass is 435 g/mol. The summed E-state index contributed by atoms with van der Waals surface area (Å²) in [6, 6.07) is 24.4. The van der Waals surface area contributed by atoms with Crippen molar-refractivity contribution in [3.63, 3.8) is 0 Å². The molecule has 5 rings (SSSR count). The Balaban J connectivity index is 1.45. The van der Waals surface area contributed by atoms with Gasteiger partial charge in [0, 0.05) is 28.5 Å². The fourth-order valence-corrected chi connectivity index (χ4v) is 4.10. The van der Waals surface area contributed by atoms with E-state index in [0.717, 1.165) is 39.2 Å². The number of anilines is 1. The number of hydrogen-bond acceptors (Lipinski definition) is 4. The first-order valence-corrected chi connectivity index (χ1v) is 10.6. The fourth-order valence-electron chi connectivity index (χ4n) is 4.10. The number of hydrogen-bond donors (Lipinski definition) is 1. The van der Waals surface area contributed by atoms with Crippen LogP contribution in [0.5, 0.6) is 0 Å². The predicted octanol–water partition coefficient (Wildman–Crippen LogP) is 5.70. The molecule has 2 aromatic carbocycles. The third-order valence-electron chi connectivity index (χ3n) is 5.65. The molecule has 6 nitrogen and oxygen atoms in total. The van der Waals surface area contributed by atoms with Gasteiger partial charge in [-0.05, 0) is 55.3 Å². The molecule has 3 aromatic heterocycles. The Morgan fingerprint density at radius 2 is 1.61 bits per heavy atom. The highest BCUT2D eigenvalue weighted by Gasteiger charge is 2.25. The van der Waals surface area contributed by atoms with Gasteiger partial charge in [-0.1, -0.05) is 53.7 Å². The van der Waals surface area contributed by atoms with Crippen molar-refractivity contribution in [2.75, 3.05) is 5.32 Å². The highest BCUT2D eigenvalue weighted by Crippen LogP contribution is 2.30. The van der Waals surface area contributed by atoms with E-state index in [1.807, 2.05) is 80.6 Å². The average molecular weight is 435 g/mol. The number of nitrogens with zero attached hydrogens (tertiary/aromatic N) is 2. The van der Waals surface area contributed by atoms with Crippen LogP contribution in [0, 0.1) is 13.8 Å². The van der Waals surface area contributed by atoms with Crippen molar-refractivity contribution in [3.05, 3.63) is 102 Å². The second-order valence-corrected chi connectivity index (χ2v) is 7.83. The standard InChI is InChI=1S/C27H21N3O3/c1-17-24(18(2)33-29-17)20-11-13-21(14-12-20)28-27(32)26(31)25-23(19-8-4-3-5-9-19)16-22-10-6-7-15-30(22)25/h3-16H,1-2H3,(H,28,32). The first-order chi connectivity index (χ1) is 16.0. The van der Waals surface area contributed by atoms with Crippen LogP contribution in [0.15, 0.2) is 89.6 Å². The van der Waals surface area contributed by atoms with Gasteiger partial charge in [-0.15, -0.1) is 0 Å². The first-order valence-electron chi connectivity index (χ1n) is 10.6. The Hall–Kier alpha value is -4.45. The molecule has 0 aliphatic heterocycles. The molecule has 162 valence electrons. The summed E-state index contributed by atoms with van der Waals surface area (Å²) in [5, 5.41) is 6.72. The van der Waals surface area contributed by atoms with Crippen molar-refractivity contribution in [1.82, 2.24) is 9.56 Å². The van der Waals surface area contributed by atoms with Crippen LogP contribution in [0.2, 0.25) is 0 Å². The molecular weight excluding hydrogens is 414 g/mol. The van der Waals surface area contributed by atoms with Gasteiger partial charge in [0.2, 0.25) is 0 Å². The third kappa shape index (κ3) is 3.72. The molecule has 0 fully saturated rings. The SMILES string of the molecule is Cc1noc(C)c1-c1ccc(NC(=O)C(=O)c2c(-c3ccccc3)cc3ccccn23)cc1. The summed E-state index contributed by atoms with van der Waals surface area (Å²) < 4.78 is 6.99. The minimum absolute atomic E-state index is 0.335. The molecule has 0 aliphatic rings. The summed E-state index contributed by atoms with van der Waals surface area (Å²) in [7, 11) is 0. The van der Waals surface area contributed by atoms with Crippen LogP contribution >= 0.6 is 0 Å². The molecule has 6 heteroatoms. The van der Waals surface area contributed by atoms with Crippen molar-refractivity contribution < 1.29 is 14.1 Å². The Labute approximate surface area is 190 Å². The number of nitrogens with one attached hydrogen (secondary N) is 1. The Morgan fingerprint density at radius 1 is 0.879 bits per heavy atom. The van der Waals surface area contributed by atoms with Crippen LogP contribution in [-0.2, 0) is 4.79 Å². The topological polar surface area (TPSA) is 76.6 Å². The van der Waals surface area contributed by atoms with Gasteiger partial charge in [0.1, 0.15) is 11.5 Å². The number of pyridine rings is 1. The predicted molar refractivity (Wildman–Crippen MR) is 127 cm³/mol. The lowest BCUT2D eigenvalue weighted by Gasteiger charge is -2.08. The molecule has 0 atom stereocenters. The van der Waals surface area contributed by atoms with Crippen LogP contribution < -0.4 is 5.32 Å². The molecule has 0 radical (unpaired) electrons. The molecule has 0 bridgehead atoms. The summed E-state index contributed by atoms with van der Waals surface area (Å²) in [4.78, 5) is 26.3. The highest BCUT2D eigenvalue weighted by atomic mass is 16.5. The normalized spacial score (nSPS) is 11.0. The van der Waals surface area contributed by atoms with E-state index < -0.39 is 11.7 Å². The van der Waals surface area contributed by atoms with Crippen LogP contribution in [-0.4, -0.2) is 21.2 Å². The van der Waals surface area contributed by atoms with Crippen molar-refractivity contribution >= 4 is 22.9 Å². The number of carbonyl (C=O) groups excluding carboxylic acids is 2. The van der Waals surface area contributed by atoms with Crippen LogP contribution in [0.1, 0.15) is 21.9 Å². The summed E-state index contributed by atoms with van der Waals surface area (Å²) >= 11 is 0. The number of aryl methyl sites for hydroxylation is 2. The lowest BCUT2D eigenvalue weighted by atomic mass is 10.0. The number of fused-ring (bicyclic) bond motifs is 1. The molecule has 5 aromatic rings. The van der Waals surface area contributed by atoms with E-state index in [4.69, 9.17) is 4.52 Å². The largest absolute Gasteiger partial charge is 0.361 e. The van der Waals surface area contributed by atoms with Gasteiger partial charge in [-0.3, -0.25) is 9.59 Å². The van der Waals surface area contributed by atoms with Gasteiger partial charge >= 0.3 is 0 Å². The van der Waals surface area contributed by atoms with E-state index in [1.54, 1.807) is 22.7 Å². The van der Waals surface area contributed by atoms with Crippen molar-refractivity contribution in [3.8, 4) is 22.3 Å². The van der Waals surface area contributed by atoms with Crippen LogP contribution in [0.3, 0.4) is 0 Å². The highest BCUT2D eigenvalue weighted by molar-refractivity contribution is 6.47. The minimum atomic E-state index is -0.693. The van der Waals surface area contributed by atoms with Gasteiger partial charge in [0.25, 0.3) is 11.7 Å². The second kappa shape index (κ2) is 8.24. The lowest BCUT2D eigenvalue weighted by molar-refractivity contribution is -0.112. The summed E-state index contributed by atoms with van der Waals surface area (Å²) in [6.45, 7) is 3.74. The van der Waals surface area contributed by atoms with E-state index >= 15 is 0 Å². The number of benzene rings is 2. The quantitative estimate of drug-likeness (QED) is 0.284. The zero-order chi connectivity index (χ0) is 22.9. The van der Waals surface area contributed by atoms with Gasteiger partial charge in [-0.2, -0.15) is 0 Å². The summed E-state index contributed by atoms with van der Waals surface area (Å²) in [5.74, 6) is -0.566.